The van der Waals surface area contributed by atoms with Crippen molar-refractivity contribution in [3.63, 3.8) is 0 Å². The fraction of sp³-hybridized carbons (Fsp3) is 0.250. The summed E-state index contributed by atoms with van der Waals surface area (Å²) in [6.45, 7) is 3.83. The molecular formula is C16H15F4N3O. The molecule has 1 aromatic carbocycles. The third-order valence-corrected chi connectivity index (χ3v) is 3.52. The molecule has 0 unspecified atom stereocenters. The van der Waals surface area contributed by atoms with Crippen LogP contribution in [0.15, 0.2) is 49.2 Å². The molecule has 0 aliphatic rings. The van der Waals surface area contributed by atoms with Crippen LogP contribution >= 0.6 is 0 Å². The van der Waals surface area contributed by atoms with Crippen molar-refractivity contribution in [2.45, 2.75) is 25.7 Å². The van der Waals surface area contributed by atoms with Crippen molar-refractivity contribution >= 4 is 5.91 Å². The normalized spacial score (nSPS) is 12.7. The zero-order valence-electron chi connectivity index (χ0n) is 12.8. The Bertz CT molecular complexity index is 722. The summed E-state index contributed by atoms with van der Waals surface area (Å²) in [7, 11) is 0. The van der Waals surface area contributed by atoms with Crippen LogP contribution in [0.2, 0.25) is 0 Å². The van der Waals surface area contributed by atoms with Gasteiger partial charge in [-0.25, -0.2) is 9.07 Å². The molecule has 8 heteroatoms. The standard InChI is InChI=1S/C16H15F4N3O/c1-3-15(24)22(11(2)16(18,19)20)10-14-8-9-21-23(14)13-6-4-12(17)5-7-13/h3-9,11H,1,10H2,2H3/t11-/m1/s1. The summed E-state index contributed by atoms with van der Waals surface area (Å²) < 4.78 is 53.4. The van der Waals surface area contributed by atoms with Gasteiger partial charge in [0.2, 0.25) is 5.91 Å². The van der Waals surface area contributed by atoms with Crippen molar-refractivity contribution < 1.29 is 22.4 Å². The van der Waals surface area contributed by atoms with Gasteiger partial charge < -0.3 is 4.90 Å². The van der Waals surface area contributed by atoms with Crippen LogP contribution in [0.25, 0.3) is 5.69 Å². The second kappa shape index (κ2) is 6.86. The van der Waals surface area contributed by atoms with Crippen LogP contribution < -0.4 is 0 Å². The first-order valence-corrected chi connectivity index (χ1v) is 7.02. The van der Waals surface area contributed by atoms with E-state index in [2.05, 4.69) is 11.7 Å². The van der Waals surface area contributed by atoms with Crippen molar-refractivity contribution in [1.29, 1.82) is 0 Å². The number of carbonyl (C=O) groups excluding carboxylic acids is 1. The Hall–Kier alpha value is -2.64. The minimum atomic E-state index is -4.57. The van der Waals surface area contributed by atoms with Crippen LogP contribution in [0.4, 0.5) is 17.6 Å². The van der Waals surface area contributed by atoms with Crippen molar-refractivity contribution in [3.8, 4) is 5.69 Å². The van der Waals surface area contributed by atoms with E-state index in [-0.39, 0.29) is 6.54 Å². The van der Waals surface area contributed by atoms with Crippen LogP contribution in [0.3, 0.4) is 0 Å². The number of carbonyl (C=O) groups is 1. The zero-order valence-corrected chi connectivity index (χ0v) is 12.8. The number of alkyl halides is 3. The molecular weight excluding hydrogens is 326 g/mol. The number of amides is 1. The number of hydrogen-bond donors (Lipinski definition) is 0. The lowest BCUT2D eigenvalue weighted by Gasteiger charge is -2.29. The zero-order chi connectivity index (χ0) is 17.9. The van der Waals surface area contributed by atoms with E-state index in [1.807, 2.05) is 0 Å². The van der Waals surface area contributed by atoms with E-state index < -0.39 is 23.9 Å². The Morgan fingerprint density at radius 2 is 1.96 bits per heavy atom. The Kier molecular flexibility index (Phi) is 5.06. The highest BCUT2D eigenvalue weighted by molar-refractivity contribution is 5.87. The maximum Gasteiger partial charge on any atom is 0.408 e. The first kappa shape index (κ1) is 17.7. The molecule has 0 N–H and O–H groups in total. The maximum absolute atomic E-state index is 13.0. The summed E-state index contributed by atoms with van der Waals surface area (Å²) in [4.78, 5) is 12.5. The number of halogens is 4. The van der Waals surface area contributed by atoms with Gasteiger partial charge in [0.05, 0.1) is 17.9 Å². The van der Waals surface area contributed by atoms with Gasteiger partial charge in [-0.2, -0.15) is 18.3 Å². The predicted molar refractivity (Wildman–Crippen MR) is 79.8 cm³/mol. The van der Waals surface area contributed by atoms with E-state index >= 15 is 0 Å². The lowest BCUT2D eigenvalue weighted by Crippen LogP contribution is -2.46. The molecule has 2 aromatic rings. The molecule has 2 rings (SSSR count). The fourth-order valence-electron chi connectivity index (χ4n) is 2.14. The summed E-state index contributed by atoms with van der Waals surface area (Å²) in [6, 6.07) is 4.82. The number of hydrogen-bond acceptors (Lipinski definition) is 2. The van der Waals surface area contributed by atoms with Gasteiger partial charge >= 0.3 is 6.18 Å². The summed E-state index contributed by atoms with van der Waals surface area (Å²) in [6.07, 6.45) is -2.34. The van der Waals surface area contributed by atoms with Crippen molar-refractivity contribution in [1.82, 2.24) is 14.7 Å². The van der Waals surface area contributed by atoms with Gasteiger partial charge in [0.15, 0.2) is 0 Å². The molecule has 1 heterocycles. The Morgan fingerprint density at radius 3 is 2.50 bits per heavy atom. The van der Waals surface area contributed by atoms with Crippen LogP contribution in [0.5, 0.6) is 0 Å². The van der Waals surface area contributed by atoms with Gasteiger partial charge in [-0.3, -0.25) is 4.79 Å². The molecule has 128 valence electrons. The fourth-order valence-corrected chi connectivity index (χ4v) is 2.14. The van der Waals surface area contributed by atoms with Gasteiger partial charge in [-0.15, -0.1) is 0 Å². The Labute approximate surface area is 136 Å². The summed E-state index contributed by atoms with van der Waals surface area (Å²) in [5.74, 6) is -1.28. The highest BCUT2D eigenvalue weighted by atomic mass is 19.4. The first-order chi connectivity index (χ1) is 11.2. The smallest absolute Gasteiger partial charge is 0.321 e. The van der Waals surface area contributed by atoms with Crippen LogP contribution in [0, 0.1) is 5.82 Å². The average Bonchev–Trinajstić information content (AvgIpc) is 2.99. The number of rotatable bonds is 5. The quantitative estimate of drug-likeness (QED) is 0.617. The van der Waals surface area contributed by atoms with E-state index in [1.165, 1.54) is 41.2 Å². The molecule has 0 saturated carbocycles. The summed E-state index contributed by atoms with van der Waals surface area (Å²) in [5, 5.41) is 4.03. The largest absolute Gasteiger partial charge is 0.408 e. The molecule has 0 aliphatic carbocycles. The lowest BCUT2D eigenvalue weighted by atomic mass is 10.2. The van der Waals surface area contributed by atoms with Crippen LogP contribution in [-0.2, 0) is 11.3 Å². The van der Waals surface area contributed by atoms with Crippen molar-refractivity contribution in [2.75, 3.05) is 0 Å². The molecule has 0 aliphatic heterocycles. The third-order valence-electron chi connectivity index (χ3n) is 3.52. The van der Waals surface area contributed by atoms with Crippen LogP contribution in [0.1, 0.15) is 12.6 Å². The predicted octanol–water partition coefficient (Wildman–Crippen LogP) is 3.48. The van der Waals surface area contributed by atoms with E-state index in [1.54, 1.807) is 0 Å². The molecule has 0 fully saturated rings. The maximum atomic E-state index is 13.0. The summed E-state index contributed by atoms with van der Waals surface area (Å²) >= 11 is 0. The number of aromatic nitrogens is 2. The van der Waals surface area contributed by atoms with Gasteiger partial charge in [0, 0.05) is 6.20 Å². The van der Waals surface area contributed by atoms with Gasteiger partial charge in [-0.1, -0.05) is 6.58 Å². The van der Waals surface area contributed by atoms with E-state index in [0.717, 1.165) is 13.0 Å². The van der Waals surface area contributed by atoms with E-state index in [4.69, 9.17) is 0 Å². The minimum absolute atomic E-state index is 0.317. The average molecular weight is 341 g/mol. The lowest BCUT2D eigenvalue weighted by molar-refractivity contribution is -0.185. The Balaban J connectivity index is 2.34. The molecule has 24 heavy (non-hydrogen) atoms. The second-order valence-corrected chi connectivity index (χ2v) is 5.10. The minimum Gasteiger partial charge on any atom is -0.321 e. The van der Waals surface area contributed by atoms with Crippen molar-refractivity contribution in [2.24, 2.45) is 0 Å². The van der Waals surface area contributed by atoms with E-state index in [9.17, 15) is 22.4 Å². The molecule has 1 atom stereocenters. The molecule has 1 aromatic heterocycles. The molecule has 0 saturated heterocycles. The highest BCUT2D eigenvalue weighted by Gasteiger charge is 2.41. The topological polar surface area (TPSA) is 38.1 Å². The van der Waals surface area contributed by atoms with Gasteiger partial charge in [0.25, 0.3) is 0 Å². The molecule has 0 spiro atoms. The number of nitrogens with zero attached hydrogens (tertiary/aromatic N) is 3. The summed E-state index contributed by atoms with van der Waals surface area (Å²) in [5.41, 5.74) is 0.829. The Morgan fingerprint density at radius 1 is 1.33 bits per heavy atom. The van der Waals surface area contributed by atoms with Gasteiger partial charge in [-0.05, 0) is 43.3 Å². The van der Waals surface area contributed by atoms with Gasteiger partial charge in [0.1, 0.15) is 11.9 Å². The number of benzene rings is 1. The third kappa shape index (κ3) is 3.81. The molecule has 0 bridgehead atoms. The SMILES string of the molecule is C=CC(=O)N(Cc1ccnn1-c1ccc(F)cc1)[C@H](C)C(F)(F)F. The van der Waals surface area contributed by atoms with E-state index in [0.29, 0.717) is 16.3 Å². The molecule has 1 amide bonds. The molecule has 4 nitrogen and oxygen atoms in total. The van der Waals surface area contributed by atoms with Crippen LogP contribution in [-0.4, -0.2) is 32.8 Å². The van der Waals surface area contributed by atoms with Crippen molar-refractivity contribution in [3.05, 3.63) is 60.7 Å². The second-order valence-electron chi connectivity index (χ2n) is 5.10. The first-order valence-electron chi connectivity index (χ1n) is 7.02. The highest BCUT2D eigenvalue weighted by Crippen LogP contribution is 2.26. The monoisotopic (exact) mass is 341 g/mol. The molecule has 0 radical (unpaired) electrons.